The van der Waals surface area contributed by atoms with Gasteiger partial charge in [-0.1, -0.05) is 6.42 Å². The molecule has 9 nitrogen and oxygen atoms in total. The van der Waals surface area contributed by atoms with Gasteiger partial charge in [-0.25, -0.2) is 0 Å². The number of fused-ring (bicyclic) bond motifs is 1. The second kappa shape index (κ2) is 12.1. The highest BCUT2D eigenvalue weighted by atomic mass is 16.5. The minimum atomic E-state index is -0.389. The minimum Gasteiger partial charge on any atom is -0.493 e. The lowest BCUT2D eigenvalue weighted by Crippen LogP contribution is -2.52. The van der Waals surface area contributed by atoms with Crippen LogP contribution in [0.5, 0.6) is 17.2 Å². The smallest absolute Gasteiger partial charge is 0.228 e. The van der Waals surface area contributed by atoms with Crippen LogP contribution in [0.15, 0.2) is 12.1 Å². The van der Waals surface area contributed by atoms with Gasteiger partial charge in [0.25, 0.3) is 0 Å². The molecule has 0 aliphatic carbocycles. The van der Waals surface area contributed by atoms with E-state index in [0.29, 0.717) is 54.6 Å². The summed E-state index contributed by atoms with van der Waals surface area (Å²) in [6.45, 7) is 4.46. The Morgan fingerprint density at radius 3 is 2.39 bits per heavy atom. The number of hydrogen-bond donors (Lipinski definition) is 0. The zero-order chi connectivity index (χ0) is 25.7. The van der Waals surface area contributed by atoms with E-state index in [9.17, 15) is 9.59 Å². The summed E-state index contributed by atoms with van der Waals surface area (Å²) >= 11 is 0. The quantitative estimate of drug-likeness (QED) is 0.486. The Morgan fingerprint density at radius 2 is 1.72 bits per heavy atom. The van der Waals surface area contributed by atoms with Crippen LogP contribution in [0, 0.1) is 11.8 Å². The third kappa shape index (κ3) is 5.57. The first kappa shape index (κ1) is 26.5. The summed E-state index contributed by atoms with van der Waals surface area (Å²) in [6.07, 6.45) is 6.29. The summed E-state index contributed by atoms with van der Waals surface area (Å²) in [6, 6.07) is 4.08. The van der Waals surface area contributed by atoms with Crippen LogP contribution in [-0.2, 0) is 14.3 Å². The number of piperidine rings is 2. The molecule has 36 heavy (non-hydrogen) atoms. The van der Waals surface area contributed by atoms with Crippen molar-refractivity contribution in [1.29, 1.82) is 0 Å². The van der Waals surface area contributed by atoms with Gasteiger partial charge in [0.05, 0.1) is 39.5 Å². The number of carbonyl (C=O) groups is 2. The van der Waals surface area contributed by atoms with Gasteiger partial charge in [-0.3, -0.25) is 9.59 Å². The van der Waals surface area contributed by atoms with E-state index in [1.807, 2.05) is 4.90 Å². The number of rotatable bonds is 10. The highest BCUT2D eigenvalue weighted by Gasteiger charge is 2.40. The van der Waals surface area contributed by atoms with Gasteiger partial charge in [0, 0.05) is 51.3 Å². The fraction of sp³-hybridized carbons (Fsp3) is 0.704. The number of hydrogen-bond acceptors (Lipinski definition) is 7. The summed E-state index contributed by atoms with van der Waals surface area (Å²) in [5.41, 5.74) is 0.637. The molecule has 0 N–H and O–H groups in total. The molecule has 3 saturated heterocycles. The highest BCUT2D eigenvalue weighted by molar-refractivity contribution is 6.00. The van der Waals surface area contributed by atoms with Gasteiger partial charge in [0.2, 0.25) is 17.6 Å². The third-order valence-electron chi connectivity index (χ3n) is 8.00. The maximum absolute atomic E-state index is 13.8. The first-order chi connectivity index (χ1) is 17.5. The number of amides is 2. The lowest BCUT2D eigenvalue weighted by molar-refractivity contribution is -0.137. The minimum absolute atomic E-state index is 0.0447. The van der Waals surface area contributed by atoms with Crippen molar-refractivity contribution < 1.29 is 28.5 Å². The Labute approximate surface area is 214 Å². The van der Waals surface area contributed by atoms with Crippen LogP contribution >= 0.6 is 0 Å². The number of benzene rings is 1. The van der Waals surface area contributed by atoms with Gasteiger partial charge in [0.1, 0.15) is 0 Å². The van der Waals surface area contributed by atoms with E-state index < -0.39 is 0 Å². The molecule has 0 bridgehead atoms. The molecule has 3 unspecified atom stereocenters. The maximum atomic E-state index is 13.8. The first-order valence-electron chi connectivity index (χ1n) is 13.1. The van der Waals surface area contributed by atoms with E-state index in [2.05, 4.69) is 4.90 Å². The van der Waals surface area contributed by atoms with Gasteiger partial charge in [-0.15, -0.1) is 0 Å². The summed E-state index contributed by atoms with van der Waals surface area (Å²) < 4.78 is 21.7. The fourth-order valence-corrected chi connectivity index (χ4v) is 6.17. The molecule has 3 heterocycles. The molecule has 3 aliphatic rings. The highest BCUT2D eigenvalue weighted by Crippen LogP contribution is 2.42. The Kier molecular flexibility index (Phi) is 8.95. The average molecular weight is 504 g/mol. The number of ether oxygens (including phenoxy) is 4. The predicted molar refractivity (Wildman–Crippen MR) is 137 cm³/mol. The van der Waals surface area contributed by atoms with Crippen molar-refractivity contribution in [3.8, 4) is 17.2 Å². The van der Waals surface area contributed by atoms with Gasteiger partial charge in [-0.05, 0) is 44.7 Å². The van der Waals surface area contributed by atoms with Crippen molar-refractivity contribution in [2.24, 2.45) is 11.8 Å². The first-order valence-corrected chi connectivity index (χ1v) is 13.1. The lowest BCUT2D eigenvalue weighted by atomic mass is 9.83. The van der Waals surface area contributed by atoms with Crippen molar-refractivity contribution in [1.82, 2.24) is 9.80 Å². The van der Waals surface area contributed by atoms with E-state index in [4.69, 9.17) is 18.9 Å². The van der Waals surface area contributed by atoms with Crippen molar-refractivity contribution >= 4 is 17.5 Å². The summed E-state index contributed by atoms with van der Waals surface area (Å²) in [5.74, 6) is 1.48. The van der Waals surface area contributed by atoms with Crippen LogP contribution in [0.3, 0.4) is 0 Å². The zero-order valence-electron chi connectivity index (χ0n) is 22.2. The number of anilines is 1. The molecule has 4 rings (SSSR count). The molecule has 2 amide bonds. The standard InChI is InChI=1S/C27H41N3O6/c1-33-13-12-29(17-19-8-7-11-28-10-6-5-9-22(19)28)27(32)20-14-25(31)30(18-20)21-15-23(34-2)26(36-4)24(16-21)35-3/h15-16,19-20,22H,5-14,17-18H2,1-4H3. The Bertz CT molecular complexity index is 898. The topological polar surface area (TPSA) is 80.8 Å². The van der Waals surface area contributed by atoms with Gasteiger partial charge in [-0.2, -0.15) is 0 Å². The Hall–Kier alpha value is -2.52. The molecule has 3 aliphatic heterocycles. The average Bonchev–Trinajstić information content (AvgIpc) is 3.31. The van der Waals surface area contributed by atoms with E-state index >= 15 is 0 Å². The number of carbonyl (C=O) groups excluding carboxylic acids is 2. The Morgan fingerprint density at radius 1 is 1.00 bits per heavy atom. The van der Waals surface area contributed by atoms with E-state index in [0.717, 1.165) is 13.0 Å². The molecule has 0 spiro atoms. The molecule has 0 saturated carbocycles. The molecule has 0 radical (unpaired) electrons. The van der Waals surface area contributed by atoms with Crippen molar-refractivity contribution in [3.05, 3.63) is 12.1 Å². The normalized spacial score (nSPS) is 24.4. The number of nitrogens with zero attached hydrogens (tertiary/aromatic N) is 3. The summed E-state index contributed by atoms with van der Waals surface area (Å²) in [4.78, 5) is 33.1. The van der Waals surface area contributed by atoms with Crippen molar-refractivity contribution in [2.45, 2.75) is 44.6 Å². The summed E-state index contributed by atoms with van der Waals surface area (Å²) in [5, 5.41) is 0. The molecule has 9 heteroatoms. The molecular formula is C27H41N3O6. The molecule has 0 aromatic heterocycles. The number of methoxy groups -OCH3 is 4. The van der Waals surface area contributed by atoms with E-state index in [-0.39, 0.29) is 24.2 Å². The predicted octanol–water partition coefficient (Wildman–Crippen LogP) is 2.80. The zero-order valence-corrected chi connectivity index (χ0v) is 22.2. The van der Waals surface area contributed by atoms with Crippen molar-refractivity contribution in [2.75, 3.05) is 72.7 Å². The SMILES string of the molecule is COCCN(CC1CCCN2CCCCC12)C(=O)C1CC(=O)N(c2cc(OC)c(OC)c(OC)c2)C1. The second-order valence-corrected chi connectivity index (χ2v) is 10.1. The van der Waals surface area contributed by atoms with Crippen LogP contribution in [0.2, 0.25) is 0 Å². The van der Waals surface area contributed by atoms with Crippen LogP contribution < -0.4 is 19.1 Å². The molecule has 1 aromatic carbocycles. The van der Waals surface area contributed by atoms with E-state index in [1.165, 1.54) is 38.8 Å². The van der Waals surface area contributed by atoms with Gasteiger partial charge < -0.3 is 33.6 Å². The fourth-order valence-electron chi connectivity index (χ4n) is 6.17. The third-order valence-corrected chi connectivity index (χ3v) is 8.00. The van der Waals surface area contributed by atoms with Gasteiger partial charge >= 0.3 is 0 Å². The molecule has 1 aromatic rings. The van der Waals surface area contributed by atoms with Crippen molar-refractivity contribution in [3.63, 3.8) is 0 Å². The molecule has 200 valence electrons. The molecular weight excluding hydrogens is 462 g/mol. The van der Waals surface area contributed by atoms with Crippen LogP contribution in [-0.4, -0.2) is 95.4 Å². The summed E-state index contributed by atoms with van der Waals surface area (Å²) in [7, 11) is 6.30. The largest absolute Gasteiger partial charge is 0.493 e. The van der Waals surface area contributed by atoms with E-state index in [1.54, 1.807) is 45.5 Å². The van der Waals surface area contributed by atoms with Crippen LogP contribution in [0.1, 0.15) is 38.5 Å². The molecule has 3 atom stereocenters. The second-order valence-electron chi connectivity index (χ2n) is 10.1. The monoisotopic (exact) mass is 503 g/mol. The van der Waals surface area contributed by atoms with Gasteiger partial charge in [0.15, 0.2) is 11.5 Å². The lowest BCUT2D eigenvalue weighted by Gasteiger charge is -2.46. The molecule has 3 fully saturated rings. The van der Waals surface area contributed by atoms with Crippen LogP contribution in [0.25, 0.3) is 0 Å². The maximum Gasteiger partial charge on any atom is 0.228 e. The van der Waals surface area contributed by atoms with Crippen LogP contribution in [0.4, 0.5) is 5.69 Å². The Balaban J connectivity index is 1.49.